The number of amides is 1. The Hall–Kier alpha value is -1.60. The lowest BCUT2D eigenvalue weighted by Crippen LogP contribution is -2.34. The summed E-state index contributed by atoms with van der Waals surface area (Å²) in [6, 6.07) is 5.63. The predicted octanol–water partition coefficient (Wildman–Crippen LogP) is 1.90. The zero-order valence-corrected chi connectivity index (χ0v) is 12.7. The molecule has 2 heterocycles. The molecule has 2 aliphatic heterocycles. The molecule has 0 saturated carbocycles. The van der Waals surface area contributed by atoms with Gasteiger partial charge in [-0.05, 0) is 42.1 Å². The van der Waals surface area contributed by atoms with Crippen LogP contribution >= 0.6 is 0 Å². The van der Waals surface area contributed by atoms with E-state index in [0.29, 0.717) is 31.6 Å². The van der Waals surface area contributed by atoms with Crippen molar-refractivity contribution in [1.29, 1.82) is 0 Å². The number of likely N-dealkylation sites (tertiary alicyclic amines) is 1. The van der Waals surface area contributed by atoms with Crippen LogP contribution in [-0.4, -0.2) is 43.2 Å². The number of alkyl halides is 3. The van der Waals surface area contributed by atoms with Crippen LogP contribution in [0.15, 0.2) is 18.2 Å². The monoisotopic (exact) mass is 327 g/mol. The second kappa shape index (κ2) is 6.49. The van der Waals surface area contributed by atoms with Crippen molar-refractivity contribution < 1.29 is 18.0 Å². The molecule has 1 amide bonds. The van der Waals surface area contributed by atoms with E-state index in [4.69, 9.17) is 0 Å². The van der Waals surface area contributed by atoms with Gasteiger partial charge in [0.25, 0.3) is 5.91 Å². The summed E-state index contributed by atoms with van der Waals surface area (Å²) in [6.07, 6.45) is -3.47. The van der Waals surface area contributed by atoms with Crippen molar-refractivity contribution in [3.63, 3.8) is 0 Å². The number of nitrogens with zero attached hydrogens (tertiary/aromatic N) is 1. The van der Waals surface area contributed by atoms with Crippen molar-refractivity contribution in [2.75, 3.05) is 26.2 Å². The SMILES string of the molecule is O=C(NCC1CCN(CC(F)(F)F)C1)c1ccc2c(c1)CNC2. The molecular weight excluding hydrogens is 307 g/mol. The van der Waals surface area contributed by atoms with E-state index in [-0.39, 0.29) is 11.8 Å². The number of carbonyl (C=O) groups is 1. The highest BCUT2D eigenvalue weighted by molar-refractivity contribution is 5.94. The number of halogens is 3. The van der Waals surface area contributed by atoms with E-state index in [9.17, 15) is 18.0 Å². The molecule has 0 bridgehead atoms. The van der Waals surface area contributed by atoms with Crippen LogP contribution < -0.4 is 10.6 Å². The molecule has 1 aromatic carbocycles. The highest BCUT2D eigenvalue weighted by Crippen LogP contribution is 2.22. The van der Waals surface area contributed by atoms with E-state index >= 15 is 0 Å². The Kier molecular flexibility index (Phi) is 4.59. The van der Waals surface area contributed by atoms with E-state index in [1.54, 1.807) is 6.07 Å². The molecule has 1 aromatic rings. The average molecular weight is 327 g/mol. The quantitative estimate of drug-likeness (QED) is 0.888. The van der Waals surface area contributed by atoms with Gasteiger partial charge in [-0.2, -0.15) is 13.2 Å². The van der Waals surface area contributed by atoms with Crippen molar-refractivity contribution in [3.05, 3.63) is 34.9 Å². The van der Waals surface area contributed by atoms with E-state index < -0.39 is 12.7 Å². The summed E-state index contributed by atoms with van der Waals surface area (Å²) in [4.78, 5) is 13.6. The first-order chi connectivity index (χ1) is 10.9. The van der Waals surface area contributed by atoms with Gasteiger partial charge in [0.1, 0.15) is 0 Å². The largest absolute Gasteiger partial charge is 0.401 e. The standard InChI is InChI=1S/C16H20F3N3O/c17-16(18,19)10-22-4-3-11(9-22)6-21-15(23)12-1-2-13-7-20-8-14(13)5-12/h1-2,5,11,20H,3-4,6-10H2,(H,21,23). The normalized spacial score (nSPS) is 21.4. The fourth-order valence-corrected chi connectivity index (χ4v) is 3.25. The summed E-state index contributed by atoms with van der Waals surface area (Å²) < 4.78 is 37.1. The van der Waals surface area contributed by atoms with Gasteiger partial charge >= 0.3 is 6.18 Å². The van der Waals surface area contributed by atoms with Gasteiger partial charge < -0.3 is 10.6 Å². The smallest absolute Gasteiger partial charge is 0.352 e. The van der Waals surface area contributed by atoms with Crippen LogP contribution in [0.4, 0.5) is 13.2 Å². The van der Waals surface area contributed by atoms with Crippen molar-refractivity contribution in [2.45, 2.75) is 25.7 Å². The summed E-state index contributed by atoms with van der Waals surface area (Å²) in [5.41, 5.74) is 2.95. The molecule has 2 aliphatic rings. The molecule has 23 heavy (non-hydrogen) atoms. The van der Waals surface area contributed by atoms with Gasteiger partial charge in [0.15, 0.2) is 0 Å². The zero-order valence-electron chi connectivity index (χ0n) is 12.7. The second-order valence-corrected chi connectivity index (χ2v) is 6.30. The molecule has 0 aliphatic carbocycles. The molecule has 3 rings (SSSR count). The van der Waals surface area contributed by atoms with Crippen LogP contribution in [0.1, 0.15) is 27.9 Å². The molecule has 126 valence electrons. The Bertz CT molecular complexity index is 588. The number of nitrogens with one attached hydrogen (secondary N) is 2. The average Bonchev–Trinajstić information content (AvgIpc) is 3.11. The van der Waals surface area contributed by atoms with Gasteiger partial charge in [0, 0.05) is 31.7 Å². The molecule has 7 heteroatoms. The molecule has 2 N–H and O–H groups in total. The lowest BCUT2D eigenvalue weighted by Gasteiger charge is -2.18. The van der Waals surface area contributed by atoms with Gasteiger partial charge in [-0.25, -0.2) is 0 Å². The minimum Gasteiger partial charge on any atom is -0.352 e. The maximum absolute atomic E-state index is 12.4. The molecule has 0 spiro atoms. The van der Waals surface area contributed by atoms with Gasteiger partial charge in [-0.3, -0.25) is 9.69 Å². The first-order valence-electron chi connectivity index (χ1n) is 7.80. The summed E-state index contributed by atoms with van der Waals surface area (Å²) in [5, 5.41) is 6.07. The lowest BCUT2D eigenvalue weighted by atomic mass is 10.1. The molecule has 1 fully saturated rings. The minimum atomic E-state index is -4.16. The van der Waals surface area contributed by atoms with Crippen LogP contribution in [0.5, 0.6) is 0 Å². The Morgan fingerprint density at radius 3 is 2.87 bits per heavy atom. The third kappa shape index (κ3) is 4.23. The Morgan fingerprint density at radius 2 is 2.09 bits per heavy atom. The predicted molar refractivity (Wildman–Crippen MR) is 79.9 cm³/mol. The molecule has 1 unspecified atom stereocenters. The maximum atomic E-state index is 12.4. The van der Waals surface area contributed by atoms with Gasteiger partial charge in [-0.1, -0.05) is 6.07 Å². The van der Waals surface area contributed by atoms with Crippen LogP contribution in [0.2, 0.25) is 0 Å². The molecule has 1 atom stereocenters. The van der Waals surface area contributed by atoms with Crippen LogP contribution in [0.25, 0.3) is 0 Å². The number of carbonyl (C=O) groups excluding carboxylic acids is 1. The molecule has 0 radical (unpaired) electrons. The maximum Gasteiger partial charge on any atom is 0.401 e. The third-order valence-corrected chi connectivity index (χ3v) is 4.42. The number of rotatable bonds is 4. The Morgan fingerprint density at radius 1 is 1.30 bits per heavy atom. The van der Waals surface area contributed by atoms with Crippen molar-refractivity contribution in [3.8, 4) is 0 Å². The van der Waals surface area contributed by atoms with E-state index in [1.807, 2.05) is 12.1 Å². The Balaban J connectivity index is 1.48. The second-order valence-electron chi connectivity index (χ2n) is 6.30. The highest BCUT2D eigenvalue weighted by Gasteiger charge is 2.34. The Labute approximate surface area is 133 Å². The molecular formula is C16H20F3N3O. The fourth-order valence-electron chi connectivity index (χ4n) is 3.25. The molecule has 0 aromatic heterocycles. The summed E-state index contributed by atoms with van der Waals surface area (Å²) in [7, 11) is 0. The van der Waals surface area contributed by atoms with Gasteiger partial charge in [0.05, 0.1) is 6.54 Å². The number of hydrogen-bond donors (Lipinski definition) is 2. The summed E-state index contributed by atoms with van der Waals surface area (Å²) in [6.45, 7) is 1.97. The number of fused-ring (bicyclic) bond motifs is 1. The highest BCUT2D eigenvalue weighted by atomic mass is 19.4. The summed E-state index contributed by atoms with van der Waals surface area (Å²) in [5.74, 6) is -0.0774. The van der Waals surface area contributed by atoms with Gasteiger partial charge in [-0.15, -0.1) is 0 Å². The fraction of sp³-hybridized carbons (Fsp3) is 0.562. The molecule has 1 saturated heterocycles. The van der Waals surface area contributed by atoms with Crippen LogP contribution in [0.3, 0.4) is 0 Å². The first-order valence-corrected chi connectivity index (χ1v) is 7.80. The summed E-state index contributed by atoms with van der Waals surface area (Å²) >= 11 is 0. The lowest BCUT2D eigenvalue weighted by molar-refractivity contribution is -0.143. The number of hydrogen-bond acceptors (Lipinski definition) is 3. The number of benzene rings is 1. The molecule has 4 nitrogen and oxygen atoms in total. The zero-order chi connectivity index (χ0) is 16.4. The van der Waals surface area contributed by atoms with Crippen LogP contribution in [-0.2, 0) is 13.1 Å². The van der Waals surface area contributed by atoms with E-state index in [1.165, 1.54) is 10.5 Å². The van der Waals surface area contributed by atoms with Crippen LogP contribution in [0, 0.1) is 5.92 Å². The van der Waals surface area contributed by atoms with E-state index in [2.05, 4.69) is 10.6 Å². The van der Waals surface area contributed by atoms with Gasteiger partial charge in [0.2, 0.25) is 0 Å². The minimum absolute atomic E-state index is 0.0809. The van der Waals surface area contributed by atoms with Crippen molar-refractivity contribution in [2.24, 2.45) is 5.92 Å². The van der Waals surface area contributed by atoms with Crippen molar-refractivity contribution >= 4 is 5.91 Å². The van der Waals surface area contributed by atoms with Crippen molar-refractivity contribution in [1.82, 2.24) is 15.5 Å². The first kappa shape index (κ1) is 16.3. The third-order valence-electron chi connectivity index (χ3n) is 4.42. The topological polar surface area (TPSA) is 44.4 Å². The van der Waals surface area contributed by atoms with E-state index in [0.717, 1.165) is 18.7 Å².